The van der Waals surface area contributed by atoms with E-state index in [4.69, 9.17) is 10.5 Å². The standard InChI is InChI=1S/C21H27N3O2.C8H10/c1-4-15-6-5-7-16(8-15)17-9-18(24-21(11-22)12-26-13-21)19(23-10-17)20(25)14(2)3;1-7-4-3-5-8(2)6-7/h5-10,14,24H,4,11-13,22H2,1-3H3;3-6H,1-2H3. The van der Waals surface area contributed by atoms with Gasteiger partial charge in [0.05, 0.1) is 24.4 Å². The number of hydrogen-bond acceptors (Lipinski definition) is 5. The summed E-state index contributed by atoms with van der Waals surface area (Å²) >= 11 is 0. The normalized spacial score (nSPS) is 14.1. The lowest BCUT2D eigenvalue weighted by atomic mass is 9.95. The molecule has 180 valence electrons. The third-order valence-corrected chi connectivity index (χ3v) is 6.03. The number of hydrogen-bond donors (Lipinski definition) is 2. The van der Waals surface area contributed by atoms with E-state index in [2.05, 4.69) is 79.6 Å². The molecule has 1 aliphatic rings. The first-order chi connectivity index (χ1) is 16.3. The van der Waals surface area contributed by atoms with Crippen LogP contribution in [0.1, 0.15) is 48.0 Å². The summed E-state index contributed by atoms with van der Waals surface area (Å²) in [5, 5.41) is 3.45. The van der Waals surface area contributed by atoms with Gasteiger partial charge < -0.3 is 15.8 Å². The molecule has 1 fully saturated rings. The summed E-state index contributed by atoms with van der Waals surface area (Å²) in [6.45, 7) is 11.6. The summed E-state index contributed by atoms with van der Waals surface area (Å²) in [7, 11) is 0. The Kier molecular flexibility index (Phi) is 8.59. The van der Waals surface area contributed by atoms with E-state index in [-0.39, 0.29) is 17.2 Å². The van der Waals surface area contributed by atoms with Crippen LogP contribution in [0.5, 0.6) is 0 Å². The van der Waals surface area contributed by atoms with E-state index in [9.17, 15) is 4.79 Å². The highest BCUT2D eigenvalue weighted by atomic mass is 16.5. The maximum atomic E-state index is 12.6. The lowest BCUT2D eigenvalue weighted by Crippen LogP contribution is -2.60. The number of anilines is 1. The molecule has 34 heavy (non-hydrogen) atoms. The molecule has 4 rings (SSSR count). The number of Topliss-reactive ketones (excluding diaryl/α,β-unsaturated/α-hetero) is 1. The number of nitrogens with zero attached hydrogens (tertiary/aromatic N) is 1. The molecule has 1 aromatic heterocycles. The number of pyridine rings is 1. The summed E-state index contributed by atoms with van der Waals surface area (Å²) < 4.78 is 5.35. The Morgan fingerprint density at radius 1 is 1.06 bits per heavy atom. The summed E-state index contributed by atoms with van der Waals surface area (Å²) in [5.74, 6) is -0.0995. The van der Waals surface area contributed by atoms with Crippen molar-refractivity contribution in [2.24, 2.45) is 11.7 Å². The first kappa shape index (κ1) is 25.6. The molecule has 0 spiro atoms. The van der Waals surface area contributed by atoms with Crippen LogP contribution in [-0.4, -0.2) is 36.1 Å². The molecule has 1 aliphatic heterocycles. The smallest absolute Gasteiger partial charge is 0.185 e. The molecular weight excluding hydrogens is 422 g/mol. The van der Waals surface area contributed by atoms with Crippen LogP contribution in [0.4, 0.5) is 5.69 Å². The molecule has 1 saturated heterocycles. The molecule has 0 unspecified atom stereocenters. The van der Waals surface area contributed by atoms with Crippen LogP contribution in [0.2, 0.25) is 0 Å². The second kappa shape index (κ2) is 11.4. The van der Waals surface area contributed by atoms with Crippen molar-refractivity contribution in [2.75, 3.05) is 25.1 Å². The molecule has 0 atom stereocenters. The monoisotopic (exact) mass is 459 g/mol. The Balaban J connectivity index is 0.000000343. The Bertz CT molecular complexity index is 1100. The second-order valence-corrected chi connectivity index (χ2v) is 9.45. The lowest BCUT2D eigenvalue weighted by Gasteiger charge is -2.42. The van der Waals surface area contributed by atoms with Gasteiger partial charge in [-0.05, 0) is 37.5 Å². The number of ketones is 1. The fourth-order valence-corrected chi connectivity index (χ4v) is 3.84. The fraction of sp³-hybridized carbons (Fsp3) is 0.379. The van der Waals surface area contributed by atoms with Gasteiger partial charge in [0.1, 0.15) is 5.69 Å². The summed E-state index contributed by atoms with van der Waals surface area (Å²) in [5.41, 5.74) is 12.8. The van der Waals surface area contributed by atoms with Crippen molar-refractivity contribution in [1.29, 1.82) is 0 Å². The van der Waals surface area contributed by atoms with Crippen LogP contribution >= 0.6 is 0 Å². The first-order valence-corrected chi connectivity index (χ1v) is 12.0. The first-order valence-electron chi connectivity index (χ1n) is 12.0. The minimum Gasteiger partial charge on any atom is -0.376 e. The molecule has 3 N–H and O–H groups in total. The molecule has 0 bridgehead atoms. The van der Waals surface area contributed by atoms with Crippen molar-refractivity contribution < 1.29 is 9.53 Å². The van der Waals surface area contributed by atoms with E-state index < -0.39 is 0 Å². The lowest BCUT2D eigenvalue weighted by molar-refractivity contribution is -0.0366. The number of aryl methyl sites for hydroxylation is 3. The van der Waals surface area contributed by atoms with Gasteiger partial charge in [-0.1, -0.05) is 80.4 Å². The van der Waals surface area contributed by atoms with Gasteiger partial charge in [0.2, 0.25) is 0 Å². The van der Waals surface area contributed by atoms with Gasteiger partial charge in [-0.2, -0.15) is 0 Å². The third kappa shape index (κ3) is 6.31. The number of nitrogens with two attached hydrogens (primary N) is 1. The highest BCUT2D eigenvalue weighted by molar-refractivity contribution is 6.01. The van der Waals surface area contributed by atoms with Gasteiger partial charge in [0.15, 0.2) is 5.78 Å². The summed E-state index contributed by atoms with van der Waals surface area (Å²) in [6.07, 6.45) is 2.76. The van der Waals surface area contributed by atoms with Crippen LogP contribution < -0.4 is 11.1 Å². The topological polar surface area (TPSA) is 77.2 Å². The Morgan fingerprint density at radius 2 is 1.74 bits per heavy atom. The number of ether oxygens (including phenoxy) is 1. The quantitative estimate of drug-likeness (QED) is 0.450. The van der Waals surface area contributed by atoms with Crippen molar-refractivity contribution in [3.63, 3.8) is 0 Å². The average Bonchev–Trinajstić information content (AvgIpc) is 2.81. The Labute approximate surface area is 203 Å². The predicted octanol–water partition coefficient (Wildman–Crippen LogP) is 5.59. The highest BCUT2D eigenvalue weighted by Gasteiger charge is 2.38. The van der Waals surface area contributed by atoms with Gasteiger partial charge in [0.25, 0.3) is 0 Å². The number of rotatable bonds is 7. The van der Waals surface area contributed by atoms with E-state index in [0.29, 0.717) is 25.5 Å². The molecule has 2 heterocycles. The number of nitrogens with one attached hydrogen (secondary N) is 1. The van der Waals surface area contributed by atoms with Crippen LogP contribution in [-0.2, 0) is 11.2 Å². The predicted molar refractivity (Wildman–Crippen MR) is 140 cm³/mol. The molecular formula is C29H37N3O2. The van der Waals surface area contributed by atoms with E-state index in [1.165, 1.54) is 16.7 Å². The van der Waals surface area contributed by atoms with E-state index >= 15 is 0 Å². The molecule has 3 aromatic rings. The Morgan fingerprint density at radius 3 is 2.24 bits per heavy atom. The SMILES string of the molecule is CCc1cccc(-c2cnc(C(=O)C(C)C)c(NC3(CN)COC3)c2)c1.Cc1cccc(C)c1. The number of benzene rings is 2. The average molecular weight is 460 g/mol. The van der Waals surface area contributed by atoms with Crippen molar-refractivity contribution in [3.05, 3.63) is 83.2 Å². The van der Waals surface area contributed by atoms with Crippen LogP contribution in [0.15, 0.2) is 60.8 Å². The Hall–Kier alpha value is -3.02. The van der Waals surface area contributed by atoms with Crippen molar-refractivity contribution in [3.8, 4) is 11.1 Å². The van der Waals surface area contributed by atoms with Crippen molar-refractivity contribution in [2.45, 2.75) is 46.6 Å². The van der Waals surface area contributed by atoms with Gasteiger partial charge in [-0.15, -0.1) is 0 Å². The number of aromatic nitrogens is 1. The van der Waals surface area contributed by atoms with Crippen LogP contribution in [0.3, 0.4) is 0 Å². The minimum atomic E-state index is -0.322. The number of carbonyl (C=O) groups is 1. The molecule has 0 amide bonds. The highest BCUT2D eigenvalue weighted by Crippen LogP contribution is 2.30. The van der Waals surface area contributed by atoms with Gasteiger partial charge >= 0.3 is 0 Å². The molecule has 2 aromatic carbocycles. The molecule has 5 heteroatoms. The second-order valence-electron chi connectivity index (χ2n) is 9.45. The largest absolute Gasteiger partial charge is 0.376 e. The zero-order chi connectivity index (χ0) is 24.7. The van der Waals surface area contributed by atoms with Gasteiger partial charge in [-0.25, -0.2) is 0 Å². The molecule has 5 nitrogen and oxygen atoms in total. The van der Waals surface area contributed by atoms with Gasteiger partial charge in [-0.3, -0.25) is 9.78 Å². The van der Waals surface area contributed by atoms with Crippen LogP contribution in [0, 0.1) is 19.8 Å². The van der Waals surface area contributed by atoms with Crippen LogP contribution in [0.25, 0.3) is 11.1 Å². The van der Waals surface area contributed by atoms with E-state index in [1.54, 1.807) is 6.20 Å². The molecule has 0 saturated carbocycles. The zero-order valence-corrected chi connectivity index (χ0v) is 21.0. The van der Waals surface area contributed by atoms with Gasteiger partial charge in [0, 0.05) is 24.2 Å². The van der Waals surface area contributed by atoms with E-state index in [1.807, 2.05) is 19.9 Å². The van der Waals surface area contributed by atoms with E-state index in [0.717, 1.165) is 23.2 Å². The summed E-state index contributed by atoms with van der Waals surface area (Å²) in [6, 6.07) is 18.8. The molecule has 0 aliphatic carbocycles. The minimum absolute atomic E-state index is 0.0220. The maximum absolute atomic E-state index is 12.6. The zero-order valence-electron chi connectivity index (χ0n) is 21.0. The maximum Gasteiger partial charge on any atom is 0.185 e. The van der Waals surface area contributed by atoms with Crippen molar-refractivity contribution in [1.82, 2.24) is 4.98 Å². The molecule has 0 radical (unpaired) electrons. The van der Waals surface area contributed by atoms with Crippen molar-refractivity contribution >= 4 is 11.5 Å². The third-order valence-electron chi connectivity index (χ3n) is 6.03. The summed E-state index contributed by atoms with van der Waals surface area (Å²) in [4.78, 5) is 17.1. The fourth-order valence-electron chi connectivity index (χ4n) is 3.84. The number of carbonyl (C=O) groups excluding carboxylic acids is 1.